The number of halogens is 1. The van der Waals surface area contributed by atoms with Crippen molar-refractivity contribution in [3.63, 3.8) is 0 Å². The minimum atomic E-state index is -0.450. The van der Waals surface area contributed by atoms with Crippen LogP contribution < -0.4 is 16.4 Å². The molecule has 0 aromatic carbocycles. The Morgan fingerprint density at radius 1 is 1.47 bits per heavy atom. The molecule has 1 aliphatic carbocycles. The molecule has 0 saturated heterocycles. The average Bonchev–Trinajstić information content (AvgIpc) is 2.99. The van der Waals surface area contributed by atoms with Crippen LogP contribution in [0, 0.1) is 0 Å². The molecular formula is C9H13ClN6O. The smallest absolute Gasteiger partial charge is 0.242 e. The first-order valence-electron chi connectivity index (χ1n) is 5.28. The number of hydrogen-bond donors (Lipinski definition) is 3. The lowest BCUT2D eigenvalue weighted by atomic mass is 10.3. The summed E-state index contributed by atoms with van der Waals surface area (Å²) < 4.78 is 0. The van der Waals surface area contributed by atoms with Crippen molar-refractivity contribution >= 4 is 29.4 Å². The molecule has 1 heterocycles. The quantitative estimate of drug-likeness (QED) is 0.710. The monoisotopic (exact) mass is 256 g/mol. The molecule has 0 spiro atoms. The van der Waals surface area contributed by atoms with Gasteiger partial charge in [0.05, 0.1) is 0 Å². The number of nitrogen functional groups attached to an aromatic ring is 1. The van der Waals surface area contributed by atoms with Gasteiger partial charge in [0, 0.05) is 6.04 Å². The Balaban J connectivity index is 1.96. The molecule has 0 bridgehead atoms. The highest BCUT2D eigenvalue weighted by Gasteiger charge is 2.25. The van der Waals surface area contributed by atoms with Crippen molar-refractivity contribution in [1.82, 2.24) is 20.3 Å². The standard InChI is InChI=1S/C9H13ClN6O/c1-4(6(17)13-5-2-3-5)12-9-15-7(10)14-8(11)16-9/h4-5H,2-3H2,1H3,(H,13,17)(H3,11,12,14,15,16). The Labute approximate surface area is 103 Å². The zero-order valence-electron chi connectivity index (χ0n) is 9.27. The zero-order chi connectivity index (χ0) is 12.4. The van der Waals surface area contributed by atoms with Crippen molar-refractivity contribution in [1.29, 1.82) is 0 Å². The summed E-state index contributed by atoms with van der Waals surface area (Å²) in [5.41, 5.74) is 5.41. The molecule has 0 aliphatic heterocycles. The summed E-state index contributed by atoms with van der Waals surface area (Å²) >= 11 is 5.62. The molecule has 2 rings (SSSR count). The lowest BCUT2D eigenvalue weighted by Crippen LogP contribution is -2.39. The van der Waals surface area contributed by atoms with Crippen LogP contribution in [0.2, 0.25) is 5.28 Å². The third-order valence-corrected chi connectivity index (χ3v) is 2.46. The topological polar surface area (TPSA) is 106 Å². The molecule has 4 N–H and O–H groups in total. The van der Waals surface area contributed by atoms with E-state index in [2.05, 4.69) is 25.6 Å². The Morgan fingerprint density at radius 3 is 2.76 bits per heavy atom. The fourth-order valence-corrected chi connectivity index (χ4v) is 1.41. The summed E-state index contributed by atoms with van der Waals surface area (Å²) in [7, 11) is 0. The summed E-state index contributed by atoms with van der Waals surface area (Å²) in [6.45, 7) is 1.71. The summed E-state index contributed by atoms with van der Waals surface area (Å²) in [6, 6.07) is -0.132. The van der Waals surface area contributed by atoms with Gasteiger partial charge in [-0.2, -0.15) is 15.0 Å². The van der Waals surface area contributed by atoms with Gasteiger partial charge >= 0.3 is 0 Å². The first-order chi connectivity index (χ1) is 8.04. The molecule has 1 amide bonds. The summed E-state index contributed by atoms with van der Waals surface area (Å²) in [5.74, 6) is 0.117. The lowest BCUT2D eigenvalue weighted by Gasteiger charge is -2.13. The van der Waals surface area contributed by atoms with Gasteiger partial charge in [-0.1, -0.05) is 0 Å². The van der Waals surface area contributed by atoms with Gasteiger partial charge in [-0.15, -0.1) is 0 Å². The maximum Gasteiger partial charge on any atom is 0.242 e. The number of nitrogens with two attached hydrogens (primary N) is 1. The largest absolute Gasteiger partial charge is 0.368 e. The van der Waals surface area contributed by atoms with Crippen molar-refractivity contribution in [3.8, 4) is 0 Å². The van der Waals surface area contributed by atoms with Gasteiger partial charge in [-0.05, 0) is 31.4 Å². The number of amides is 1. The number of nitrogens with zero attached hydrogens (tertiary/aromatic N) is 3. The number of carbonyl (C=O) groups is 1. The zero-order valence-corrected chi connectivity index (χ0v) is 10.0. The van der Waals surface area contributed by atoms with E-state index in [0.717, 1.165) is 12.8 Å². The molecule has 17 heavy (non-hydrogen) atoms. The Bertz CT molecular complexity index is 415. The van der Waals surface area contributed by atoms with E-state index in [9.17, 15) is 4.79 Å². The number of aromatic nitrogens is 3. The normalized spacial score (nSPS) is 16.4. The third-order valence-electron chi connectivity index (χ3n) is 2.29. The molecule has 1 saturated carbocycles. The maximum atomic E-state index is 11.7. The second-order valence-electron chi connectivity index (χ2n) is 3.94. The van der Waals surface area contributed by atoms with Gasteiger partial charge in [-0.3, -0.25) is 4.79 Å². The fourth-order valence-electron chi connectivity index (χ4n) is 1.24. The van der Waals surface area contributed by atoms with Crippen LogP contribution in [-0.4, -0.2) is 32.9 Å². The average molecular weight is 257 g/mol. The Morgan fingerprint density at radius 2 is 2.18 bits per heavy atom. The molecule has 7 nitrogen and oxygen atoms in total. The number of rotatable bonds is 4. The maximum absolute atomic E-state index is 11.7. The fraction of sp³-hybridized carbons (Fsp3) is 0.556. The van der Waals surface area contributed by atoms with Crippen molar-refractivity contribution in [2.24, 2.45) is 0 Å². The molecule has 92 valence electrons. The second kappa shape index (κ2) is 4.70. The number of anilines is 2. The predicted octanol–water partition coefficient (Wildman–Crippen LogP) is 0.186. The molecule has 8 heteroatoms. The summed E-state index contributed by atoms with van der Waals surface area (Å²) in [4.78, 5) is 22.9. The third kappa shape index (κ3) is 3.42. The van der Waals surface area contributed by atoms with Gasteiger partial charge in [0.25, 0.3) is 0 Å². The van der Waals surface area contributed by atoms with Crippen LogP contribution in [0.1, 0.15) is 19.8 Å². The highest BCUT2D eigenvalue weighted by atomic mass is 35.5. The Kier molecular flexibility index (Phi) is 3.28. The van der Waals surface area contributed by atoms with E-state index in [0.29, 0.717) is 6.04 Å². The van der Waals surface area contributed by atoms with Crippen LogP contribution in [0.4, 0.5) is 11.9 Å². The molecule has 1 aromatic rings. The molecule has 1 unspecified atom stereocenters. The SMILES string of the molecule is CC(Nc1nc(N)nc(Cl)n1)C(=O)NC1CC1. The van der Waals surface area contributed by atoms with Crippen LogP contribution in [-0.2, 0) is 4.79 Å². The molecular weight excluding hydrogens is 244 g/mol. The van der Waals surface area contributed by atoms with Gasteiger partial charge in [0.2, 0.25) is 23.1 Å². The lowest BCUT2D eigenvalue weighted by molar-refractivity contribution is -0.121. The minimum Gasteiger partial charge on any atom is -0.368 e. The molecule has 0 radical (unpaired) electrons. The first-order valence-corrected chi connectivity index (χ1v) is 5.66. The van der Waals surface area contributed by atoms with E-state index in [4.69, 9.17) is 17.3 Å². The number of nitrogens with one attached hydrogen (secondary N) is 2. The van der Waals surface area contributed by atoms with Crippen LogP contribution >= 0.6 is 11.6 Å². The van der Waals surface area contributed by atoms with E-state index in [1.807, 2.05) is 0 Å². The first kappa shape index (κ1) is 11.8. The van der Waals surface area contributed by atoms with E-state index in [1.165, 1.54) is 0 Å². The van der Waals surface area contributed by atoms with Gasteiger partial charge in [0.15, 0.2) is 0 Å². The highest BCUT2D eigenvalue weighted by Crippen LogP contribution is 2.18. The molecule has 1 atom stereocenters. The van der Waals surface area contributed by atoms with Crippen LogP contribution in [0.5, 0.6) is 0 Å². The van der Waals surface area contributed by atoms with Gasteiger partial charge < -0.3 is 16.4 Å². The van der Waals surface area contributed by atoms with Crippen LogP contribution in [0.3, 0.4) is 0 Å². The van der Waals surface area contributed by atoms with Gasteiger partial charge in [0.1, 0.15) is 6.04 Å². The van der Waals surface area contributed by atoms with E-state index < -0.39 is 6.04 Å². The number of carbonyl (C=O) groups excluding carboxylic acids is 1. The molecule has 1 aliphatic rings. The van der Waals surface area contributed by atoms with Crippen molar-refractivity contribution in [2.75, 3.05) is 11.1 Å². The van der Waals surface area contributed by atoms with Crippen LogP contribution in [0.15, 0.2) is 0 Å². The highest BCUT2D eigenvalue weighted by molar-refractivity contribution is 6.28. The summed E-state index contributed by atoms with van der Waals surface area (Å²) in [5, 5.41) is 5.68. The van der Waals surface area contributed by atoms with E-state index >= 15 is 0 Å². The minimum absolute atomic E-state index is 0.00481. The number of hydrogen-bond acceptors (Lipinski definition) is 6. The van der Waals surface area contributed by atoms with E-state index in [1.54, 1.807) is 6.92 Å². The molecule has 1 aromatic heterocycles. The van der Waals surface area contributed by atoms with Crippen molar-refractivity contribution in [3.05, 3.63) is 5.28 Å². The second-order valence-corrected chi connectivity index (χ2v) is 4.27. The predicted molar refractivity (Wildman–Crippen MR) is 63.5 cm³/mol. The van der Waals surface area contributed by atoms with Crippen molar-refractivity contribution < 1.29 is 4.79 Å². The summed E-state index contributed by atoms with van der Waals surface area (Å²) in [6.07, 6.45) is 2.09. The van der Waals surface area contributed by atoms with E-state index in [-0.39, 0.29) is 23.1 Å². The Hall–Kier alpha value is -1.63. The van der Waals surface area contributed by atoms with Crippen molar-refractivity contribution in [2.45, 2.75) is 31.8 Å². The van der Waals surface area contributed by atoms with Crippen LogP contribution in [0.25, 0.3) is 0 Å². The molecule has 1 fully saturated rings. The van der Waals surface area contributed by atoms with Gasteiger partial charge in [-0.25, -0.2) is 0 Å².